The predicted octanol–water partition coefficient (Wildman–Crippen LogP) is 7.80. The largest absolute Gasteiger partial charge is 0.468 e. The van der Waals surface area contributed by atoms with Gasteiger partial charge < -0.3 is 4.74 Å². The Balaban J connectivity index is 1.49. The molecular weight excluding hydrogens is 476 g/mol. The number of ether oxygens (including phenoxy) is 1. The molecule has 2 unspecified atom stereocenters. The number of hydrogen-bond donors (Lipinski definition) is 0. The van der Waals surface area contributed by atoms with Crippen LogP contribution in [0, 0.1) is 5.41 Å². The first-order valence-corrected chi connectivity index (χ1v) is 13.0. The summed E-state index contributed by atoms with van der Waals surface area (Å²) in [6, 6.07) is 35.6. The molecule has 5 rings (SSSR count). The lowest BCUT2D eigenvalue weighted by molar-refractivity contribution is -0.149. The van der Waals surface area contributed by atoms with Gasteiger partial charge in [0.25, 0.3) is 0 Å². The molecule has 0 aliphatic carbocycles. The Hall–Kier alpha value is -4.11. The van der Waals surface area contributed by atoms with Crippen LogP contribution in [0.3, 0.4) is 0 Å². The third kappa shape index (κ3) is 4.82. The Morgan fingerprint density at radius 1 is 0.865 bits per heavy atom. The molecule has 0 spiro atoms. The van der Waals surface area contributed by atoms with Crippen molar-refractivity contribution < 1.29 is 14.3 Å². The number of carbonyl (C=O) groups is 2. The molecule has 0 fully saturated rings. The Morgan fingerprint density at radius 2 is 1.49 bits per heavy atom. The van der Waals surface area contributed by atoms with E-state index in [-0.39, 0.29) is 12.2 Å². The van der Waals surface area contributed by atoms with Gasteiger partial charge in [0, 0.05) is 10.5 Å². The molecule has 4 aromatic carbocycles. The molecule has 0 saturated carbocycles. The lowest BCUT2D eigenvalue weighted by Crippen LogP contribution is -2.46. The lowest BCUT2D eigenvalue weighted by atomic mass is 9.72. The molecule has 0 radical (unpaired) electrons. The van der Waals surface area contributed by atoms with Gasteiger partial charge in [-0.05, 0) is 46.9 Å². The zero-order chi connectivity index (χ0) is 25.7. The fourth-order valence-corrected chi connectivity index (χ4v) is 6.26. The van der Waals surface area contributed by atoms with Gasteiger partial charge in [0.05, 0.1) is 12.4 Å². The maximum Gasteiger partial charge on any atom is 0.321 e. The first-order chi connectivity index (χ1) is 18.1. The smallest absolute Gasteiger partial charge is 0.321 e. The Kier molecular flexibility index (Phi) is 7.23. The van der Waals surface area contributed by atoms with Crippen molar-refractivity contribution in [3.05, 3.63) is 138 Å². The molecule has 1 aliphatic rings. The number of thioether (sulfide) groups is 1. The van der Waals surface area contributed by atoms with Crippen LogP contribution in [0.1, 0.15) is 33.2 Å². The van der Waals surface area contributed by atoms with Crippen LogP contribution < -0.4 is 0 Å². The Morgan fingerprint density at radius 3 is 2.19 bits per heavy atom. The van der Waals surface area contributed by atoms with Gasteiger partial charge >= 0.3 is 5.97 Å². The van der Waals surface area contributed by atoms with Crippen LogP contribution in [0.4, 0.5) is 0 Å². The molecule has 4 heteroatoms. The SMILES string of the molecule is COC(=O)C1(CC=C=Cc2ccc(-c3ccccc3)cc2)C(=O)c2ccccc2SC1c1ccccc1. The molecule has 182 valence electrons. The second-order valence-corrected chi connectivity index (χ2v) is 10.1. The second kappa shape index (κ2) is 10.9. The average molecular weight is 503 g/mol. The van der Waals surface area contributed by atoms with Crippen molar-refractivity contribution in [2.24, 2.45) is 5.41 Å². The highest BCUT2D eigenvalue weighted by Gasteiger charge is 2.56. The van der Waals surface area contributed by atoms with Gasteiger partial charge in [-0.2, -0.15) is 0 Å². The first kappa shape index (κ1) is 24.6. The molecule has 1 aliphatic heterocycles. The summed E-state index contributed by atoms with van der Waals surface area (Å²) in [5.41, 5.74) is 6.56. The van der Waals surface area contributed by atoms with E-state index in [2.05, 4.69) is 30.0 Å². The monoisotopic (exact) mass is 502 g/mol. The molecule has 0 amide bonds. The van der Waals surface area contributed by atoms with E-state index in [1.165, 1.54) is 18.9 Å². The number of allylic oxidation sites excluding steroid dienone is 1. The summed E-state index contributed by atoms with van der Waals surface area (Å²) in [5.74, 6) is -0.744. The summed E-state index contributed by atoms with van der Waals surface area (Å²) in [6.07, 6.45) is 3.83. The van der Waals surface area contributed by atoms with Crippen LogP contribution in [-0.4, -0.2) is 18.9 Å². The highest BCUT2D eigenvalue weighted by atomic mass is 32.2. The third-order valence-corrected chi connectivity index (χ3v) is 8.21. The Labute approximate surface area is 221 Å². The standard InChI is InChI=1S/C33H26O3S/c1-36-32(35)33(23-11-10-12-24-19-21-26(22-20-24)25-13-4-2-5-14-25)30(34)28-17-8-9-18-29(28)37-31(33)27-15-6-3-7-16-27/h2-9,11-22,31H,23H2,1H3. The zero-order valence-electron chi connectivity index (χ0n) is 20.5. The van der Waals surface area contributed by atoms with Crippen molar-refractivity contribution >= 4 is 29.6 Å². The van der Waals surface area contributed by atoms with Crippen molar-refractivity contribution in [1.29, 1.82) is 0 Å². The van der Waals surface area contributed by atoms with Gasteiger partial charge in [-0.15, -0.1) is 17.5 Å². The van der Waals surface area contributed by atoms with Gasteiger partial charge in [-0.3, -0.25) is 9.59 Å². The number of methoxy groups -OCH3 is 1. The van der Waals surface area contributed by atoms with Crippen LogP contribution in [0.2, 0.25) is 0 Å². The van der Waals surface area contributed by atoms with Crippen LogP contribution in [0.15, 0.2) is 126 Å². The van der Waals surface area contributed by atoms with Gasteiger partial charge in [0.2, 0.25) is 0 Å². The summed E-state index contributed by atoms with van der Waals surface area (Å²) in [4.78, 5) is 28.3. The van der Waals surface area contributed by atoms with Crippen molar-refractivity contribution in [3.8, 4) is 11.1 Å². The summed E-state index contributed by atoms with van der Waals surface area (Å²) in [6.45, 7) is 0. The average Bonchev–Trinajstić information content (AvgIpc) is 2.97. The molecule has 37 heavy (non-hydrogen) atoms. The number of carbonyl (C=O) groups excluding carboxylic acids is 2. The van der Waals surface area contributed by atoms with Crippen LogP contribution >= 0.6 is 11.8 Å². The number of ketones is 1. The molecule has 2 atom stereocenters. The second-order valence-electron chi connectivity index (χ2n) is 8.90. The number of esters is 1. The van der Waals surface area contributed by atoms with Crippen LogP contribution in [0.5, 0.6) is 0 Å². The maximum atomic E-state index is 14.0. The van der Waals surface area contributed by atoms with Gasteiger partial charge in [0.1, 0.15) is 0 Å². The third-order valence-electron chi connectivity index (χ3n) is 6.69. The quantitative estimate of drug-likeness (QED) is 0.153. The summed E-state index contributed by atoms with van der Waals surface area (Å²) in [7, 11) is 1.35. The number of rotatable bonds is 6. The molecule has 3 nitrogen and oxygen atoms in total. The molecule has 0 aromatic heterocycles. The molecular formula is C33H26O3S. The fraction of sp³-hybridized carbons (Fsp3) is 0.121. The van der Waals surface area contributed by atoms with E-state index in [0.717, 1.165) is 27.1 Å². The van der Waals surface area contributed by atoms with Gasteiger partial charge in [-0.25, -0.2) is 0 Å². The predicted molar refractivity (Wildman–Crippen MR) is 149 cm³/mol. The van der Waals surface area contributed by atoms with Crippen LogP contribution in [0.25, 0.3) is 17.2 Å². The lowest BCUT2D eigenvalue weighted by Gasteiger charge is -2.40. The Bertz CT molecular complexity index is 1470. The molecule has 0 saturated heterocycles. The fourth-order valence-electron chi connectivity index (χ4n) is 4.77. The normalized spacial score (nSPS) is 18.3. The van der Waals surface area contributed by atoms with E-state index in [0.29, 0.717) is 5.56 Å². The van der Waals surface area contributed by atoms with Crippen molar-refractivity contribution in [2.45, 2.75) is 16.6 Å². The summed E-state index contributed by atoms with van der Waals surface area (Å²) >= 11 is 1.54. The van der Waals surface area contributed by atoms with Crippen molar-refractivity contribution in [1.82, 2.24) is 0 Å². The van der Waals surface area contributed by atoms with E-state index in [4.69, 9.17) is 4.74 Å². The van der Waals surface area contributed by atoms with Gasteiger partial charge in [0.15, 0.2) is 11.2 Å². The number of Topliss-reactive ketones (excluding diaryl/α,β-unsaturated/α-hetero) is 1. The first-order valence-electron chi connectivity index (χ1n) is 12.1. The minimum atomic E-state index is -1.40. The number of benzene rings is 4. The molecule has 1 heterocycles. The van der Waals surface area contributed by atoms with Gasteiger partial charge in [-0.1, -0.05) is 103 Å². The molecule has 4 aromatic rings. The van der Waals surface area contributed by atoms with Crippen molar-refractivity contribution in [2.75, 3.05) is 7.11 Å². The number of fused-ring (bicyclic) bond motifs is 1. The highest BCUT2D eigenvalue weighted by molar-refractivity contribution is 7.99. The summed E-state index contributed by atoms with van der Waals surface area (Å²) in [5, 5.41) is -0.424. The van der Waals surface area contributed by atoms with E-state index in [1.54, 1.807) is 12.1 Å². The minimum absolute atomic E-state index is 0.179. The molecule has 0 N–H and O–H groups in total. The topological polar surface area (TPSA) is 43.4 Å². The highest BCUT2D eigenvalue weighted by Crippen LogP contribution is 2.56. The van der Waals surface area contributed by atoms with Crippen molar-refractivity contribution in [3.63, 3.8) is 0 Å². The van der Waals surface area contributed by atoms with Crippen LogP contribution in [-0.2, 0) is 9.53 Å². The number of hydrogen-bond acceptors (Lipinski definition) is 4. The summed E-state index contributed by atoms with van der Waals surface area (Å²) < 4.78 is 5.27. The molecule has 0 bridgehead atoms. The van der Waals surface area contributed by atoms with E-state index >= 15 is 0 Å². The minimum Gasteiger partial charge on any atom is -0.468 e. The van der Waals surface area contributed by atoms with E-state index in [1.807, 2.05) is 84.9 Å². The zero-order valence-corrected chi connectivity index (χ0v) is 21.3. The van der Waals surface area contributed by atoms with E-state index in [9.17, 15) is 9.59 Å². The maximum absolute atomic E-state index is 14.0. The van der Waals surface area contributed by atoms with E-state index < -0.39 is 16.6 Å².